The van der Waals surface area contributed by atoms with Crippen LogP contribution >= 0.6 is 11.3 Å². The molecule has 0 saturated carbocycles. The van der Waals surface area contributed by atoms with Crippen molar-refractivity contribution in [3.63, 3.8) is 0 Å². The van der Waals surface area contributed by atoms with Gasteiger partial charge in [-0.25, -0.2) is 9.67 Å². The summed E-state index contributed by atoms with van der Waals surface area (Å²) in [6.45, 7) is 0. The maximum atomic E-state index is 12.2. The van der Waals surface area contributed by atoms with Crippen LogP contribution in [0.1, 0.15) is 10.5 Å². The van der Waals surface area contributed by atoms with Crippen molar-refractivity contribution in [1.82, 2.24) is 14.8 Å². The van der Waals surface area contributed by atoms with Gasteiger partial charge in [0.05, 0.1) is 0 Å². The van der Waals surface area contributed by atoms with Gasteiger partial charge in [0, 0.05) is 23.9 Å². The zero-order valence-corrected chi connectivity index (χ0v) is 13.9. The first-order valence-corrected chi connectivity index (χ1v) is 8.28. The van der Waals surface area contributed by atoms with E-state index in [-0.39, 0.29) is 11.3 Å². The Bertz CT molecular complexity index is 1110. The number of rotatable bonds is 3. The van der Waals surface area contributed by atoms with E-state index in [1.54, 1.807) is 0 Å². The van der Waals surface area contributed by atoms with Crippen LogP contribution in [0, 0.1) is 0 Å². The fraction of sp³-hybridized carbons (Fsp3) is 0.0588. The van der Waals surface area contributed by atoms with E-state index >= 15 is 0 Å². The molecule has 0 saturated heterocycles. The number of aryl methyl sites for hydroxylation is 1. The van der Waals surface area contributed by atoms with Crippen molar-refractivity contribution in [3.05, 3.63) is 63.9 Å². The van der Waals surface area contributed by atoms with Crippen LogP contribution in [0.15, 0.2) is 57.1 Å². The van der Waals surface area contributed by atoms with Gasteiger partial charge >= 0.3 is 0 Å². The Morgan fingerprint density at radius 3 is 2.88 bits per heavy atom. The molecule has 0 fully saturated rings. The minimum absolute atomic E-state index is 0.141. The van der Waals surface area contributed by atoms with E-state index < -0.39 is 5.91 Å². The molecular formula is C17H12N4O3S. The number of amides is 1. The van der Waals surface area contributed by atoms with Crippen LogP contribution < -0.4 is 10.9 Å². The number of thiazole rings is 1. The molecule has 3 aromatic heterocycles. The molecule has 0 atom stereocenters. The van der Waals surface area contributed by atoms with E-state index in [2.05, 4.69) is 15.4 Å². The Hall–Kier alpha value is -3.26. The lowest BCUT2D eigenvalue weighted by molar-refractivity contribution is 0.102. The fourth-order valence-electron chi connectivity index (χ4n) is 2.34. The van der Waals surface area contributed by atoms with Gasteiger partial charge in [-0.05, 0) is 18.2 Å². The SMILES string of the molecule is Cn1nc(C(=O)Nc2nc(-c3cc4ccccc4o3)cs2)ccc1=O. The van der Waals surface area contributed by atoms with Gasteiger partial charge in [0.25, 0.3) is 11.5 Å². The summed E-state index contributed by atoms with van der Waals surface area (Å²) >= 11 is 1.29. The van der Waals surface area contributed by atoms with Crippen LogP contribution in [0.5, 0.6) is 0 Å². The summed E-state index contributed by atoms with van der Waals surface area (Å²) in [4.78, 5) is 27.9. The summed E-state index contributed by atoms with van der Waals surface area (Å²) in [5.74, 6) is 0.208. The number of benzene rings is 1. The molecular weight excluding hydrogens is 340 g/mol. The summed E-state index contributed by atoms with van der Waals surface area (Å²) in [6.07, 6.45) is 0. The average Bonchev–Trinajstić information content (AvgIpc) is 3.23. The molecule has 124 valence electrons. The van der Waals surface area contributed by atoms with Crippen LogP contribution in [0.2, 0.25) is 0 Å². The van der Waals surface area contributed by atoms with Crippen LogP contribution in [0.4, 0.5) is 5.13 Å². The molecule has 0 spiro atoms. The third-order valence-corrected chi connectivity index (χ3v) is 4.35. The lowest BCUT2D eigenvalue weighted by Crippen LogP contribution is -2.23. The highest BCUT2D eigenvalue weighted by atomic mass is 32.1. The van der Waals surface area contributed by atoms with Crippen molar-refractivity contribution in [2.75, 3.05) is 5.32 Å². The number of furan rings is 1. The molecule has 0 radical (unpaired) electrons. The third-order valence-electron chi connectivity index (χ3n) is 3.60. The Morgan fingerprint density at radius 2 is 2.08 bits per heavy atom. The van der Waals surface area contributed by atoms with E-state index in [1.165, 1.54) is 30.5 Å². The molecule has 0 unspecified atom stereocenters. The lowest BCUT2D eigenvalue weighted by Gasteiger charge is -2.02. The standard InChI is InChI=1S/C17H12N4O3S/c1-21-15(22)7-6-11(20-21)16(23)19-17-18-12(9-25-17)14-8-10-4-2-3-5-13(10)24-14/h2-9H,1H3,(H,18,19,23). The molecule has 3 heterocycles. The molecule has 0 aliphatic rings. The molecule has 1 amide bonds. The Kier molecular flexibility index (Phi) is 3.66. The molecule has 7 nitrogen and oxygen atoms in total. The van der Waals surface area contributed by atoms with E-state index in [0.29, 0.717) is 16.6 Å². The first-order valence-electron chi connectivity index (χ1n) is 7.40. The normalized spacial score (nSPS) is 10.9. The number of hydrogen-bond acceptors (Lipinski definition) is 6. The van der Waals surface area contributed by atoms with Crippen molar-refractivity contribution < 1.29 is 9.21 Å². The van der Waals surface area contributed by atoms with Crippen LogP contribution in [-0.2, 0) is 7.05 Å². The van der Waals surface area contributed by atoms with Crippen LogP contribution in [0.3, 0.4) is 0 Å². The molecule has 1 aromatic carbocycles. The number of carbonyl (C=O) groups is 1. The number of nitrogens with one attached hydrogen (secondary N) is 1. The largest absolute Gasteiger partial charge is 0.454 e. The van der Waals surface area contributed by atoms with Gasteiger partial charge in [-0.3, -0.25) is 14.9 Å². The molecule has 4 aromatic rings. The second-order valence-electron chi connectivity index (χ2n) is 5.32. The van der Waals surface area contributed by atoms with Gasteiger partial charge in [0.1, 0.15) is 17.0 Å². The maximum absolute atomic E-state index is 12.2. The highest BCUT2D eigenvalue weighted by molar-refractivity contribution is 7.14. The topological polar surface area (TPSA) is 90.0 Å². The van der Waals surface area contributed by atoms with Crippen molar-refractivity contribution >= 4 is 33.3 Å². The van der Waals surface area contributed by atoms with E-state index in [4.69, 9.17) is 4.42 Å². The molecule has 25 heavy (non-hydrogen) atoms. The fourth-order valence-corrected chi connectivity index (χ4v) is 3.03. The zero-order valence-electron chi connectivity index (χ0n) is 13.1. The predicted molar refractivity (Wildman–Crippen MR) is 94.8 cm³/mol. The smallest absolute Gasteiger partial charge is 0.277 e. The first-order chi connectivity index (χ1) is 12.1. The molecule has 0 bridgehead atoms. The minimum atomic E-state index is -0.430. The second kappa shape index (κ2) is 5.99. The van der Waals surface area contributed by atoms with Gasteiger partial charge in [-0.15, -0.1) is 11.3 Å². The van der Waals surface area contributed by atoms with Crippen molar-refractivity contribution in [1.29, 1.82) is 0 Å². The second-order valence-corrected chi connectivity index (χ2v) is 6.18. The number of aromatic nitrogens is 3. The zero-order chi connectivity index (χ0) is 17.4. The highest BCUT2D eigenvalue weighted by Crippen LogP contribution is 2.30. The predicted octanol–water partition coefficient (Wildman–Crippen LogP) is 2.90. The number of carbonyl (C=O) groups excluding carboxylic acids is 1. The van der Waals surface area contributed by atoms with Gasteiger partial charge in [0.15, 0.2) is 10.9 Å². The lowest BCUT2D eigenvalue weighted by atomic mass is 10.2. The molecule has 0 aliphatic carbocycles. The molecule has 0 aliphatic heterocycles. The van der Waals surface area contributed by atoms with Gasteiger partial charge in [0.2, 0.25) is 0 Å². The quantitative estimate of drug-likeness (QED) is 0.612. The Balaban J connectivity index is 1.57. The summed E-state index contributed by atoms with van der Waals surface area (Å²) in [5.41, 5.74) is 1.29. The van der Waals surface area contributed by atoms with Gasteiger partial charge in [-0.2, -0.15) is 5.10 Å². The van der Waals surface area contributed by atoms with Gasteiger partial charge < -0.3 is 4.42 Å². The number of hydrogen-bond donors (Lipinski definition) is 1. The Morgan fingerprint density at radius 1 is 1.24 bits per heavy atom. The number of para-hydroxylation sites is 1. The monoisotopic (exact) mass is 352 g/mol. The third kappa shape index (κ3) is 2.94. The summed E-state index contributed by atoms with van der Waals surface area (Å²) in [7, 11) is 1.49. The first kappa shape index (κ1) is 15.3. The number of fused-ring (bicyclic) bond motifs is 1. The maximum Gasteiger partial charge on any atom is 0.277 e. The van der Waals surface area contributed by atoms with E-state index in [1.807, 2.05) is 35.7 Å². The summed E-state index contributed by atoms with van der Waals surface area (Å²) in [6, 6.07) is 12.3. The Labute approximate surface area is 145 Å². The van der Waals surface area contributed by atoms with Gasteiger partial charge in [-0.1, -0.05) is 18.2 Å². The van der Waals surface area contributed by atoms with E-state index in [9.17, 15) is 9.59 Å². The summed E-state index contributed by atoms with van der Waals surface area (Å²) < 4.78 is 6.87. The van der Waals surface area contributed by atoms with E-state index in [0.717, 1.165) is 15.7 Å². The number of anilines is 1. The molecule has 8 heteroatoms. The highest BCUT2D eigenvalue weighted by Gasteiger charge is 2.14. The van der Waals surface area contributed by atoms with Crippen LogP contribution in [-0.4, -0.2) is 20.7 Å². The minimum Gasteiger partial charge on any atom is -0.454 e. The van der Waals surface area contributed by atoms with Crippen molar-refractivity contribution in [2.24, 2.45) is 7.05 Å². The van der Waals surface area contributed by atoms with Crippen molar-refractivity contribution in [2.45, 2.75) is 0 Å². The average molecular weight is 352 g/mol. The number of nitrogens with zero attached hydrogens (tertiary/aromatic N) is 3. The molecule has 1 N–H and O–H groups in total. The molecule has 4 rings (SSSR count). The summed E-state index contributed by atoms with van der Waals surface area (Å²) in [5, 5.41) is 9.82. The van der Waals surface area contributed by atoms with Crippen molar-refractivity contribution in [3.8, 4) is 11.5 Å². The van der Waals surface area contributed by atoms with Crippen LogP contribution in [0.25, 0.3) is 22.4 Å².